The van der Waals surface area contributed by atoms with Crippen LogP contribution in [0.5, 0.6) is 0 Å². The molecule has 0 N–H and O–H groups in total. The topological polar surface area (TPSA) is 0 Å². The fourth-order valence-electron chi connectivity index (χ4n) is 2.37. The van der Waals surface area contributed by atoms with Crippen molar-refractivity contribution in [1.82, 2.24) is 0 Å². The molecule has 0 saturated heterocycles. The SMILES string of the molecule is FC(F)(F)C1CCCCC1c1cccs1. The molecular formula is C11H13F3S. The van der Waals surface area contributed by atoms with Crippen molar-refractivity contribution in [1.29, 1.82) is 0 Å². The molecule has 0 spiro atoms. The molecular weight excluding hydrogens is 221 g/mol. The highest BCUT2D eigenvalue weighted by atomic mass is 32.1. The Balaban J connectivity index is 2.20. The molecule has 2 atom stereocenters. The Morgan fingerprint density at radius 3 is 2.53 bits per heavy atom. The van der Waals surface area contributed by atoms with Crippen LogP contribution in [0.25, 0.3) is 0 Å². The van der Waals surface area contributed by atoms with E-state index in [1.165, 1.54) is 11.3 Å². The lowest BCUT2D eigenvalue weighted by molar-refractivity contribution is -0.187. The minimum absolute atomic E-state index is 0.293. The summed E-state index contributed by atoms with van der Waals surface area (Å²) in [5.41, 5.74) is 0. The molecule has 15 heavy (non-hydrogen) atoms. The van der Waals surface area contributed by atoms with E-state index in [1.54, 1.807) is 0 Å². The second-order valence-electron chi connectivity index (χ2n) is 4.05. The van der Waals surface area contributed by atoms with E-state index >= 15 is 0 Å². The molecule has 1 fully saturated rings. The monoisotopic (exact) mass is 234 g/mol. The van der Waals surface area contributed by atoms with E-state index in [2.05, 4.69) is 0 Å². The van der Waals surface area contributed by atoms with Gasteiger partial charge in [0.15, 0.2) is 0 Å². The van der Waals surface area contributed by atoms with Gasteiger partial charge in [-0.25, -0.2) is 0 Å². The Kier molecular flexibility index (Phi) is 3.05. The molecule has 0 aromatic carbocycles. The fraction of sp³-hybridized carbons (Fsp3) is 0.636. The number of thiophene rings is 1. The molecule has 0 amide bonds. The van der Waals surface area contributed by atoms with Crippen LogP contribution < -0.4 is 0 Å². The highest BCUT2D eigenvalue weighted by molar-refractivity contribution is 7.10. The Hall–Kier alpha value is -0.510. The summed E-state index contributed by atoms with van der Waals surface area (Å²) in [7, 11) is 0. The predicted octanol–water partition coefficient (Wildman–Crippen LogP) is 4.58. The third kappa shape index (κ3) is 2.36. The normalized spacial score (nSPS) is 27.9. The zero-order valence-corrected chi connectivity index (χ0v) is 9.07. The van der Waals surface area contributed by atoms with Crippen molar-refractivity contribution in [2.24, 2.45) is 5.92 Å². The molecule has 84 valence electrons. The molecule has 2 rings (SSSR count). The molecule has 0 aliphatic heterocycles. The fourth-order valence-corrected chi connectivity index (χ4v) is 3.29. The highest BCUT2D eigenvalue weighted by Crippen LogP contribution is 2.47. The standard InChI is InChI=1S/C11H13F3S/c12-11(13,14)9-5-2-1-4-8(9)10-6-3-7-15-10/h3,6-9H,1-2,4-5H2. The molecule has 2 unspecified atom stereocenters. The first kappa shape index (κ1) is 11.0. The lowest BCUT2D eigenvalue weighted by Gasteiger charge is -2.32. The smallest absolute Gasteiger partial charge is 0.171 e. The Labute approximate surface area is 91.1 Å². The van der Waals surface area contributed by atoms with E-state index in [0.29, 0.717) is 19.3 Å². The number of hydrogen-bond donors (Lipinski definition) is 0. The molecule has 1 aliphatic carbocycles. The van der Waals surface area contributed by atoms with Crippen LogP contribution >= 0.6 is 11.3 Å². The van der Waals surface area contributed by atoms with Gasteiger partial charge in [0.25, 0.3) is 0 Å². The van der Waals surface area contributed by atoms with E-state index in [0.717, 1.165) is 11.3 Å². The third-order valence-electron chi connectivity index (χ3n) is 3.10. The van der Waals surface area contributed by atoms with Crippen LogP contribution in [0.15, 0.2) is 17.5 Å². The van der Waals surface area contributed by atoms with Crippen molar-refractivity contribution >= 4 is 11.3 Å². The van der Waals surface area contributed by atoms with Gasteiger partial charge in [0.1, 0.15) is 0 Å². The van der Waals surface area contributed by atoms with Crippen LogP contribution in [-0.4, -0.2) is 6.18 Å². The maximum Gasteiger partial charge on any atom is 0.392 e. The quantitative estimate of drug-likeness (QED) is 0.667. The van der Waals surface area contributed by atoms with Gasteiger partial charge >= 0.3 is 6.18 Å². The van der Waals surface area contributed by atoms with Gasteiger partial charge in [0.05, 0.1) is 5.92 Å². The lowest BCUT2D eigenvalue weighted by atomic mass is 9.78. The first-order valence-electron chi connectivity index (χ1n) is 5.19. The summed E-state index contributed by atoms with van der Waals surface area (Å²) in [6.45, 7) is 0. The van der Waals surface area contributed by atoms with Gasteiger partial charge in [-0.2, -0.15) is 13.2 Å². The number of hydrogen-bond acceptors (Lipinski definition) is 1. The molecule has 0 nitrogen and oxygen atoms in total. The van der Waals surface area contributed by atoms with Gasteiger partial charge < -0.3 is 0 Å². The van der Waals surface area contributed by atoms with Gasteiger partial charge in [-0.1, -0.05) is 18.9 Å². The molecule has 1 saturated carbocycles. The van der Waals surface area contributed by atoms with Crippen molar-refractivity contribution < 1.29 is 13.2 Å². The summed E-state index contributed by atoms with van der Waals surface area (Å²) >= 11 is 1.45. The van der Waals surface area contributed by atoms with Crippen LogP contribution in [0.1, 0.15) is 36.5 Å². The first-order chi connectivity index (χ1) is 7.09. The molecule has 1 aromatic heterocycles. The Morgan fingerprint density at radius 2 is 1.93 bits per heavy atom. The van der Waals surface area contributed by atoms with Crippen LogP contribution in [0.3, 0.4) is 0 Å². The summed E-state index contributed by atoms with van der Waals surface area (Å²) in [6.07, 6.45) is -1.41. The maximum absolute atomic E-state index is 12.8. The minimum Gasteiger partial charge on any atom is -0.171 e. The average molecular weight is 234 g/mol. The van der Waals surface area contributed by atoms with Crippen molar-refractivity contribution in [3.8, 4) is 0 Å². The van der Waals surface area contributed by atoms with Crippen LogP contribution in [0.4, 0.5) is 13.2 Å². The molecule has 0 radical (unpaired) electrons. The van der Waals surface area contributed by atoms with E-state index in [9.17, 15) is 13.2 Å². The molecule has 0 bridgehead atoms. The molecule has 1 aromatic rings. The molecule has 1 aliphatic rings. The minimum atomic E-state index is -4.03. The summed E-state index contributed by atoms with van der Waals surface area (Å²) < 4.78 is 38.4. The second-order valence-corrected chi connectivity index (χ2v) is 5.03. The van der Waals surface area contributed by atoms with Gasteiger partial charge in [0, 0.05) is 10.8 Å². The van der Waals surface area contributed by atoms with Crippen molar-refractivity contribution in [3.63, 3.8) is 0 Å². The van der Waals surface area contributed by atoms with Crippen LogP contribution in [-0.2, 0) is 0 Å². The lowest BCUT2D eigenvalue weighted by Crippen LogP contribution is -2.31. The zero-order valence-electron chi connectivity index (χ0n) is 8.26. The predicted molar refractivity (Wildman–Crippen MR) is 55.1 cm³/mol. The number of halogens is 3. The van der Waals surface area contributed by atoms with Gasteiger partial charge in [0.2, 0.25) is 0 Å². The van der Waals surface area contributed by atoms with Gasteiger partial charge in [-0.3, -0.25) is 0 Å². The maximum atomic E-state index is 12.8. The van der Waals surface area contributed by atoms with E-state index in [-0.39, 0.29) is 5.92 Å². The number of alkyl halides is 3. The van der Waals surface area contributed by atoms with Gasteiger partial charge in [-0.15, -0.1) is 11.3 Å². The summed E-state index contributed by atoms with van der Waals surface area (Å²) in [5, 5.41) is 1.86. The largest absolute Gasteiger partial charge is 0.392 e. The van der Waals surface area contributed by atoms with E-state index in [4.69, 9.17) is 0 Å². The average Bonchev–Trinajstić information content (AvgIpc) is 2.69. The van der Waals surface area contributed by atoms with E-state index in [1.807, 2.05) is 17.5 Å². The summed E-state index contributed by atoms with van der Waals surface area (Å²) in [4.78, 5) is 0.900. The van der Waals surface area contributed by atoms with Gasteiger partial charge in [-0.05, 0) is 24.3 Å². The summed E-state index contributed by atoms with van der Waals surface area (Å²) in [6, 6.07) is 3.67. The molecule has 4 heteroatoms. The van der Waals surface area contributed by atoms with Crippen molar-refractivity contribution in [3.05, 3.63) is 22.4 Å². The highest BCUT2D eigenvalue weighted by Gasteiger charge is 2.46. The molecule has 1 heterocycles. The second kappa shape index (κ2) is 4.16. The Morgan fingerprint density at radius 1 is 1.20 bits per heavy atom. The van der Waals surface area contributed by atoms with Crippen molar-refractivity contribution in [2.45, 2.75) is 37.8 Å². The number of rotatable bonds is 1. The van der Waals surface area contributed by atoms with Crippen LogP contribution in [0.2, 0.25) is 0 Å². The van der Waals surface area contributed by atoms with Crippen LogP contribution in [0, 0.1) is 5.92 Å². The van der Waals surface area contributed by atoms with Crippen molar-refractivity contribution in [2.75, 3.05) is 0 Å². The first-order valence-corrected chi connectivity index (χ1v) is 6.07. The Bertz CT molecular complexity index is 302. The third-order valence-corrected chi connectivity index (χ3v) is 4.10. The van der Waals surface area contributed by atoms with E-state index < -0.39 is 12.1 Å². The summed E-state index contributed by atoms with van der Waals surface area (Å²) in [5.74, 6) is -1.41. The zero-order chi connectivity index (χ0) is 10.9.